The third-order valence-electron chi connectivity index (χ3n) is 4.66. The van der Waals surface area contributed by atoms with Crippen LogP contribution in [0.25, 0.3) is 0 Å². The Hall–Kier alpha value is -2.11. The lowest BCUT2D eigenvalue weighted by atomic mass is 9.96. The number of nitrogens with one attached hydrogen (secondary N) is 3. The van der Waals surface area contributed by atoms with Crippen molar-refractivity contribution < 1.29 is 17.9 Å². The van der Waals surface area contributed by atoms with Gasteiger partial charge in [-0.15, -0.1) is 5.10 Å². The molecular weight excluding hydrogens is 426 g/mol. The van der Waals surface area contributed by atoms with Crippen LogP contribution in [0.5, 0.6) is 5.75 Å². The molecule has 11 heteroatoms. The lowest BCUT2D eigenvalue weighted by Gasteiger charge is -2.22. The molecule has 30 heavy (non-hydrogen) atoms. The molecule has 1 aromatic carbocycles. The Kier molecular flexibility index (Phi) is 8.11. The van der Waals surface area contributed by atoms with Crippen LogP contribution in [-0.2, 0) is 14.8 Å². The smallest absolute Gasteiger partial charge is 0.257 e. The zero-order chi connectivity index (χ0) is 21.4. The summed E-state index contributed by atoms with van der Waals surface area (Å²) < 4.78 is 33.2. The summed E-state index contributed by atoms with van der Waals surface area (Å²) in [5.41, 5.74) is 0. The second-order valence-corrected chi connectivity index (χ2v) is 9.89. The average Bonchev–Trinajstić information content (AvgIpc) is 3.15. The second-order valence-electron chi connectivity index (χ2n) is 7.12. The fourth-order valence-electron chi connectivity index (χ4n) is 3.14. The largest absolute Gasteiger partial charge is 0.484 e. The maximum atomic E-state index is 12.5. The Morgan fingerprint density at radius 1 is 1.23 bits per heavy atom. The molecule has 1 saturated carbocycles. The molecule has 0 radical (unpaired) electrons. The van der Waals surface area contributed by atoms with Gasteiger partial charge in [0.25, 0.3) is 5.91 Å². The van der Waals surface area contributed by atoms with Gasteiger partial charge in [-0.25, -0.2) is 18.1 Å². The van der Waals surface area contributed by atoms with E-state index in [1.54, 1.807) is 12.1 Å². The predicted molar refractivity (Wildman–Crippen MR) is 114 cm³/mol. The van der Waals surface area contributed by atoms with Gasteiger partial charge in [0.15, 0.2) is 6.61 Å². The van der Waals surface area contributed by atoms with E-state index in [-0.39, 0.29) is 23.5 Å². The number of thioether (sulfide) groups is 1. The number of benzene rings is 1. The molecule has 1 aliphatic carbocycles. The number of rotatable bonds is 10. The average molecular weight is 454 g/mol. The molecule has 9 nitrogen and oxygen atoms in total. The molecule has 2 aromatic rings. The number of hydrogen-bond acceptors (Lipinski definition) is 7. The molecule has 164 valence electrons. The van der Waals surface area contributed by atoms with Crippen LogP contribution in [0.2, 0.25) is 0 Å². The highest BCUT2D eigenvalue weighted by molar-refractivity contribution is 7.99. The minimum atomic E-state index is -3.54. The maximum absolute atomic E-state index is 12.5. The molecule has 1 amide bonds. The standard InChI is InChI=1S/C19H27N5O4S2/c1-14-21-19(23-22-14)29-12-11-20-18(25)13-28-16-7-9-17(10-8-16)30(26,27)24-15-5-3-2-4-6-15/h7-10,15,24H,2-6,11-13H2,1H3,(H,20,25)(H,21,22,23). The van der Waals surface area contributed by atoms with Gasteiger partial charge >= 0.3 is 0 Å². The molecule has 1 fully saturated rings. The van der Waals surface area contributed by atoms with Gasteiger partial charge in [-0.05, 0) is 44.0 Å². The van der Waals surface area contributed by atoms with Gasteiger partial charge in [0, 0.05) is 18.3 Å². The summed E-state index contributed by atoms with van der Waals surface area (Å²) >= 11 is 1.44. The number of ether oxygens (including phenoxy) is 1. The lowest BCUT2D eigenvalue weighted by Crippen LogP contribution is -2.36. The van der Waals surface area contributed by atoms with E-state index in [0.29, 0.717) is 23.2 Å². The zero-order valence-corrected chi connectivity index (χ0v) is 18.5. The summed E-state index contributed by atoms with van der Waals surface area (Å²) in [6.45, 7) is 2.15. The maximum Gasteiger partial charge on any atom is 0.257 e. The van der Waals surface area contributed by atoms with Crippen LogP contribution in [-0.4, -0.2) is 54.5 Å². The topological polar surface area (TPSA) is 126 Å². The lowest BCUT2D eigenvalue weighted by molar-refractivity contribution is -0.122. The first-order valence-electron chi connectivity index (χ1n) is 9.96. The summed E-state index contributed by atoms with van der Waals surface area (Å²) in [4.78, 5) is 16.3. The Morgan fingerprint density at radius 2 is 1.97 bits per heavy atom. The van der Waals surface area contributed by atoms with E-state index in [1.165, 1.54) is 23.9 Å². The fraction of sp³-hybridized carbons (Fsp3) is 0.526. The van der Waals surface area contributed by atoms with Crippen LogP contribution in [0.3, 0.4) is 0 Å². The van der Waals surface area contributed by atoms with Crippen LogP contribution in [0.1, 0.15) is 37.9 Å². The van der Waals surface area contributed by atoms with Crippen molar-refractivity contribution in [2.45, 2.75) is 55.1 Å². The molecule has 1 aliphatic rings. The van der Waals surface area contributed by atoms with Crippen LogP contribution in [0, 0.1) is 6.92 Å². The molecule has 0 aliphatic heterocycles. The fourth-order valence-corrected chi connectivity index (χ4v) is 5.15. The number of carbonyl (C=O) groups is 1. The SMILES string of the molecule is Cc1nc(SCCNC(=O)COc2ccc(S(=O)(=O)NC3CCCCC3)cc2)n[nH]1. The van der Waals surface area contributed by atoms with Crippen molar-refractivity contribution in [2.75, 3.05) is 18.9 Å². The molecule has 0 unspecified atom stereocenters. The van der Waals surface area contributed by atoms with Crippen molar-refractivity contribution in [3.63, 3.8) is 0 Å². The Bertz CT molecular complexity index is 925. The Balaban J connectivity index is 1.38. The van der Waals surface area contributed by atoms with E-state index >= 15 is 0 Å². The first-order valence-corrected chi connectivity index (χ1v) is 12.4. The van der Waals surface area contributed by atoms with Gasteiger partial charge < -0.3 is 10.1 Å². The van der Waals surface area contributed by atoms with Crippen LogP contribution < -0.4 is 14.8 Å². The molecule has 1 aromatic heterocycles. The highest BCUT2D eigenvalue weighted by Crippen LogP contribution is 2.21. The minimum Gasteiger partial charge on any atom is -0.484 e. The van der Waals surface area contributed by atoms with Gasteiger partial charge in [-0.1, -0.05) is 31.0 Å². The summed E-state index contributed by atoms with van der Waals surface area (Å²) in [6.07, 6.45) is 5.04. The molecule has 0 atom stereocenters. The van der Waals surface area contributed by atoms with E-state index in [4.69, 9.17) is 4.74 Å². The van der Waals surface area contributed by atoms with Crippen molar-refractivity contribution in [3.05, 3.63) is 30.1 Å². The predicted octanol–water partition coefficient (Wildman–Crippen LogP) is 2.01. The molecule has 0 bridgehead atoms. The molecule has 0 spiro atoms. The first kappa shape index (κ1) is 22.6. The molecule has 3 N–H and O–H groups in total. The van der Waals surface area contributed by atoms with Gasteiger partial charge in [0.2, 0.25) is 15.2 Å². The number of H-pyrrole nitrogens is 1. The summed E-state index contributed by atoms with van der Waals surface area (Å²) in [7, 11) is -3.54. The quantitative estimate of drug-likeness (QED) is 0.371. The normalized spacial score (nSPS) is 15.1. The van der Waals surface area contributed by atoms with Crippen molar-refractivity contribution in [3.8, 4) is 5.75 Å². The van der Waals surface area contributed by atoms with Gasteiger partial charge in [0.1, 0.15) is 11.6 Å². The molecule has 3 rings (SSSR count). The third kappa shape index (κ3) is 6.99. The minimum absolute atomic E-state index is 0.00867. The summed E-state index contributed by atoms with van der Waals surface area (Å²) in [6, 6.07) is 6.12. The van der Waals surface area contributed by atoms with E-state index < -0.39 is 10.0 Å². The molecule has 0 saturated heterocycles. The van der Waals surface area contributed by atoms with Crippen molar-refractivity contribution in [2.24, 2.45) is 0 Å². The summed E-state index contributed by atoms with van der Waals surface area (Å²) in [5.74, 6) is 1.58. The summed E-state index contributed by atoms with van der Waals surface area (Å²) in [5, 5.41) is 10.2. The van der Waals surface area contributed by atoms with Crippen LogP contribution in [0.15, 0.2) is 34.3 Å². The van der Waals surface area contributed by atoms with Crippen LogP contribution in [0.4, 0.5) is 0 Å². The van der Waals surface area contributed by atoms with Crippen molar-refractivity contribution in [1.29, 1.82) is 0 Å². The van der Waals surface area contributed by atoms with Crippen molar-refractivity contribution in [1.82, 2.24) is 25.2 Å². The van der Waals surface area contributed by atoms with E-state index in [2.05, 4.69) is 25.2 Å². The number of aryl methyl sites for hydroxylation is 1. The molecular formula is C19H27N5O4S2. The van der Waals surface area contributed by atoms with Gasteiger partial charge in [-0.2, -0.15) is 0 Å². The highest BCUT2D eigenvalue weighted by Gasteiger charge is 2.21. The van der Waals surface area contributed by atoms with Crippen LogP contribution >= 0.6 is 11.8 Å². The second kappa shape index (κ2) is 10.8. The van der Waals surface area contributed by atoms with E-state index in [0.717, 1.165) is 37.9 Å². The van der Waals surface area contributed by atoms with Gasteiger partial charge in [0.05, 0.1) is 4.90 Å². The number of aromatic amines is 1. The highest BCUT2D eigenvalue weighted by atomic mass is 32.2. The number of aromatic nitrogens is 3. The first-order chi connectivity index (χ1) is 14.4. The Labute approximate surface area is 180 Å². The monoisotopic (exact) mass is 453 g/mol. The third-order valence-corrected chi connectivity index (χ3v) is 7.05. The Morgan fingerprint density at radius 3 is 2.63 bits per heavy atom. The zero-order valence-electron chi connectivity index (χ0n) is 16.9. The number of carbonyl (C=O) groups excluding carboxylic acids is 1. The number of nitrogens with zero attached hydrogens (tertiary/aromatic N) is 2. The van der Waals surface area contributed by atoms with Gasteiger partial charge in [-0.3, -0.25) is 9.89 Å². The molecule has 1 heterocycles. The van der Waals surface area contributed by atoms with E-state index in [9.17, 15) is 13.2 Å². The number of amides is 1. The number of sulfonamides is 1. The number of hydrogen-bond donors (Lipinski definition) is 3. The van der Waals surface area contributed by atoms with Crippen molar-refractivity contribution >= 4 is 27.7 Å². The van der Waals surface area contributed by atoms with E-state index in [1.807, 2.05) is 6.92 Å².